The standard InChI is InChI=1S/C23H22F3N3O2/c1-15-10-12-29(13-11-15)19-8-6-18(7-9-19)27-21(30)20-14-31-22(28-20)16-2-4-17(5-3-16)23(24,25)26/h2-9,14-15H,10-13H2,1H3,(H,27,30). The Bertz CT molecular complexity index is 1040. The van der Waals surface area contributed by atoms with Gasteiger partial charge in [-0.25, -0.2) is 4.98 Å². The van der Waals surface area contributed by atoms with Crippen LogP contribution in [0, 0.1) is 5.92 Å². The van der Waals surface area contributed by atoms with Crippen LogP contribution in [0.15, 0.2) is 59.2 Å². The van der Waals surface area contributed by atoms with E-state index in [1.165, 1.54) is 31.2 Å². The first-order chi connectivity index (χ1) is 14.8. The Kier molecular flexibility index (Phi) is 5.71. The highest BCUT2D eigenvalue weighted by Gasteiger charge is 2.30. The summed E-state index contributed by atoms with van der Waals surface area (Å²) in [6, 6.07) is 12.0. The molecule has 1 saturated heterocycles. The monoisotopic (exact) mass is 429 g/mol. The van der Waals surface area contributed by atoms with E-state index in [-0.39, 0.29) is 11.6 Å². The summed E-state index contributed by atoms with van der Waals surface area (Å²) in [4.78, 5) is 18.9. The van der Waals surface area contributed by atoms with Crippen LogP contribution < -0.4 is 10.2 Å². The van der Waals surface area contributed by atoms with Gasteiger partial charge in [-0.3, -0.25) is 4.79 Å². The molecule has 8 heteroatoms. The maximum Gasteiger partial charge on any atom is 0.416 e. The minimum Gasteiger partial charge on any atom is -0.444 e. The van der Waals surface area contributed by atoms with Crippen LogP contribution in [0.2, 0.25) is 0 Å². The third-order valence-electron chi connectivity index (χ3n) is 5.47. The van der Waals surface area contributed by atoms with Crippen molar-refractivity contribution in [2.45, 2.75) is 25.9 Å². The quantitative estimate of drug-likeness (QED) is 0.565. The Morgan fingerprint density at radius 2 is 1.71 bits per heavy atom. The lowest BCUT2D eigenvalue weighted by atomic mass is 9.99. The number of halogens is 3. The van der Waals surface area contributed by atoms with Gasteiger partial charge in [0.1, 0.15) is 6.26 Å². The second kappa shape index (κ2) is 8.45. The lowest BCUT2D eigenvalue weighted by Gasteiger charge is -2.32. The van der Waals surface area contributed by atoms with E-state index in [4.69, 9.17) is 4.42 Å². The Hall–Kier alpha value is -3.29. The SMILES string of the molecule is CC1CCN(c2ccc(NC(=O)c3coc(-c4ccc(C(F)(F)F)cc4)n3)cc2)CC1. The minimum atomic E-state index is -4.41. The van der Waals surface area contributed by atoms with E-state index in [9.17, 15) is 18.0 Å². The fourth-order valence-corrected chi connectivity index (χ4v) is 3.53. The van der Waals surface area contributed by atoms with Crippen molar-refractivity contribution in [2.75, 3.05) is 23.3 Å². The number of carbonyl (C=O) groups is 1. The molecule has 0 spiro atoms. The number of benzene rings is 2. The third-order valence-corrected chi connectivity index (χ3v) is 5.47. The Morgan fingerprint density at radius 3 is 2.32 bits per heavy atom. The number of aromatic nitrogens is 1. The van der Waals surface area contributed by atoms with Gasteiger partial charge < -0.3 is 14.6 Å². The van der Waals surface area contributed by atoms with Crippen LogP contribution in [0.5, 0.6) is 0 Å². The maximum atomic E-state index is 12.7. The van der Waals surface area contributed by atoms with Crippen LogP contribution in [0.3, 0.4) is 0 Å². The van der Waals surface area contributed by atoms with Crippen molar-refractivity contribution in [3.63, 3.8) is 0 Å². The number of piperidine rings is 1. The molecule has 1 aliphatic rings. The van der Waals surface area contributed by atoms with Crippen molar-refractivity contribution in [1.29, 1.82) is 0 Å². The zero-order valence-corrected chi connectivity index (χ0v) is 16.9. The first kappa shape index (κ1) is 21.0. The highest BCUT2D eigenvalue weighted by molar-refractivity contribution is 6.03. The Morgan fingerprint density at radius 1 is 1.06 bits per heavy atom. The van der Waals surface area contributed by atoms with Gasteiger partial charge in [-0.1, -0.05) is 6.92 Å². The van der Waals surface area contributed by atoms with Crippen LogP contribution in [0.1, 0.15) is 35.8 Å². The molecular weight excluding hydrogens is 407 g/mol. The van der Waals surface area contributed by atoms with Gasteiger partial charge in [0.05, 0.1) is 5.56 Å². The molecule has 162 valence electrons. The highest BCUT2D eigenvalue weighted by atomic mass is 19.4. The van der Waals surface area contributed by atoms with Gasteiger partial charge in [0.25, 0.3) is 5.91 Å². The predicted molar refractivity (Wildman–Crippen MR) is 112 cm³/mol. The summed E-state index contributed by atoms with van der Waals surface area (Å²) in [6.07, 6.45) is -0.883. The van der Waals surface area contributed by atoms with Crippen molar-refractivity contribution < 1.29 is 22.4 Å². The largest absolute Gasteiger partial charge is 0.444 e. The maximum absolute atomic E-state index is 12.7. The van der Waals surface area contributed by atoms with E-state index >= 15 is 0 Å². The van der Waals surface area contributed by atoms with E-state index in [1.54, 1.807) is 0 Å². The van der Waals surface area contributed by atoms with E-state index in [2.05, 4.69) is 22.1 Å². The number of alkyl halides is 3. The molecule has 4 rings (SSSR count). The van der Waals surface area contributed by atoms with Crippen molar-refractivity contribution in [3.8, 4) is 11.5 Å². The molecule has 0 atom stereocenters. The van der Waals surface area contributed by atoms with E-state index in [1.807, 2.05) is 24.3 Å². The molecule has 0 unspecified atom stereocenters. The Balaban J connectivity index is 1.40. The summed E-state index contributed by atoms with van der Waals surface area (Å²) in [6.45, 7) is 4.32. The Labute approximate surface area is 177 Å². The fourth-order valence-electron chi connectivity index (χ4n) is 3.53. The average Bonchev–Trinajstić information content (AvgIpc) is 3.25. The van der Waals surface area contributed by atoms with E-state index in [0.29, 0.717) is 11.3 Å². The van der Waals surface area contributed by atoms with Gasteiger partial charge in [0.15, 0.2) is 5.69 Å². The van der Waals surface area contributed by atoms with Crippen LogP contribution in [-0.2, 0) is 6.18 Å². The molecule has 2 aromatic carbocycles. The first-order valence-corrected chi connectivity index (χ1v) is 10.1. The number of hydrogen-bond acceptors (Lipinski definition) is 4. The van der Waals surface area contributed by atoms with Crippen molar-refractivity contribution in [2.24, 2.45) is 5.92 Å². The van der Waals surface area contributed by atoms with Gasteiger partial charge in [-0.15, -0.1) is 0 Å². The number of rotatable bonds is 4. The average molecular weight is 429 g/mol. The summed E-state index contributed by atoms with van der Waals surface area (Å²) in [5.41, 5.74) is 1.38. The molecule has 1 fully saturated rings. The normalized spacial score (nSPS) is 15.2. The first-order valence-electron chi connectivity index (χ1n) is 10.1. The van der Waals surface area contributed by atoms with Crippen LogP contribution >= 0.6 is 0 Å². The van der Waals surface area contributed by atoms with Crippen molar-refractivity contribution >= 4 is 17.3 Å². The molecule has 31 heavy (non-hydrogen) atoms. The van der Waals surface area contributed by atoms with E-state index in [0.717, 1.165) is 36.8 Å². The summed E-state index contributed by atoms with van der Waals surface area (Å²) in [7, 11) is 0. The van der Waals surface area contributed by atoms with E-state index < -0.39 is 17.6 Å². The van der Waals surface area contributed by atoms with Gasteiger partial charge in [-0.2, -0.15) is 13.2 Å². The molecule has 0 aliphatic carbocycles. The highest BCUT2D eigenvalue weighted by Crippen LogP contribution is 2.31. The number of nitrogens with one attached hydrogen (secondary N) is 1. The number of hydrogen-bond donors (Lipinski definition) is 1. The van der Waals surface area contributed by atoms with Crippen LogP contribution in [-0.4, -0.2) is 24.0 Å². The lowest BCUT2D eigenvalue weighted by Crippen LogP contribution is -2.32. The number of carbonyl (C=O) groups excluding carboxylic acids is 1. The van der Waals surface area contributed by atoms with Crippen LogP contribution in [0.25, 0.3) is 11.5 Å². The molecule has 3 aromatic rings. The van der Waals surface area contributed by atoms with Crippen molar-refractivity contribution in [3.05, 3.63) is 66.1 Å². The fraction of sp³-hybridized carbons (Fsp3) is 0.304. The number of nitrogens with zero attached hydrogens (tertiary/aromatic N) is 2. The molecule has 1 N–H and O–H groups in total. The summed E-state index contributed by atoms with van der Waals surface area (Å²) >= 11 is 0. The van der Waals surface area contributed by atoms with Gasteiger partial charge in [0, 0.05) is 30.0 Å². The molecule has 1 aromatic heterocycles. The molecule has 0 bridgehead atoms. The minimum absolute atomic E-state index is 0.0454. The van der Waals surface area contributed by atoms with Gasteiger partial charge in [0.2, 0.25) is 5.89 Å². The second-order valence-corrected chi connectivity index (χ2v) is 7.78. The topological polar surface area (TPSA) is 58.4 Å². The van der Waals surface area contributed by atoms with Crippen molar-refractivity contribution in [1.82, 2.24) is 4.98 Å². The number of anilines is 2. The number of amides is 1. The molecule has 5 nitrogen and oxygen atoms in total. The second-order valence-electron chi connectivity index (χ2n) is 7.78. The van der Waals surface area contributed by atoms with Gasteiger partial charge >= 0.3 is 6.18 Å². The zero-order chi connectivity index (χ0) is 22.0. The summed E-state index contributed by atoms with van der Waals surface area (Å²) in [5.74, 6) is 0.375. The molecular formula is C23H22F3N3O2. The zero-order valence-electron chi connectivity index (χ0n) is 16.9. The third kappa shape index (κ3) is 4.90. The molecule has 1 aliphatic heterocycles. The number of oxazole rings is 1. The summed E-state index contributed by atoms with van der Waals surface area (Å²) < 4.78 is 43.4. The molecule has 0 radical (unpaired) electrons. The molecule has 0 saturated carbocycles. The lowest BCUT2D eigenvalue weighted by molar-refractivity contribution is -0.137. The molecule has 2 heterocycles. The predicted octanol–water partition coefficient (Wildman–Crippen LogP) is 5.85. The van der Waals surface area contributed by atoms with Crippen LogP contribution in [0.4, 0.5) is 24.5 Å². The molecule has 1 amide bonds. The smallest absolute Gasteiger partial charge is 0.416 e. The van der Waals surface area contributed by atoms with Gasteiger partial charge in [-0.05, 0) is 67.3 Å². The summed E-state index contributed by atoms with van der Waals surface area (Å²) in [5, 5.41) is 2.76.